The van der Waals surface area contributed by atoms with Crippen molar-refractivity contribution in [2.45, 2.75) is 39.7 Å². The van der Waals surface area contributed by atoms with Crippen molar-refractivity contribution < 1.29 is 4.79 Å². The van der Waals surface area contributed by atoms with Crippen LogP contribution in [0.1, 0.15) is 34.1 Å². The van der Waals surface area contributed by atoms with Gasteiger partial charge in [0.1, 0.15) is 0 Å². The highest BCUT2D eigenvalue weighted by atomic mass is 16.1. The Labute approximate surface area is 116 Å². The predicted octanol–water partition coefficient (Wildman–Crippen LogP) is 2.84. The van der Waals surface area contributed by atoms with Gasteiger partial charge in [-0.2, -0.15) is 0 Å². The molecule has 1 aromatic carbocycles. The molecular formula is C15H25N3O. The average molecular weight is 263 g/mol. The van der Waals surface area contributed by atoms with E-state index in [0.717, 1.165) is 24.5 Å². The molecule has 0 radical (unpaired) electrons. The maximum atomic E-state index is 11.2. The van der Waals surface area contributed by atoms with Crippen molar-refractivity contribution in [3.63, 3.8) is 0 Å². The van der Waals surface area contributed by atoms with Crippen LogP contribution in [0.15, 0.2) is 24.3 Å². The Balaban J connectivity index is 2.34. The molecule has 4 heteroatoms. The molecule has 0 unspecified atom stereocenters. The van der Waals surface area contributed by atoms with E-state index in [-0.39, 0.29) is 11.4 Å². The monoisotopic (exact) mass is 263 g/mol. The largest absolute Gasteiger partial charge is 0.384 e. The standard InChI is InChI=1S/C15H25N3O/c1-5-14(19)18-13-8-6-12(7-9-13)16-10-11-17-15(2,3)4/h6-9,16-17H,5,10-11H2,1-4H3,(H,18,19). The summed E-state index contributed by atoms with van der Waals surface area (Å²) in [6.07, 6.45) is 0.498. The Kier molecular flexibility index (Phi) is 5.83. The van der Waals surface area contributed by atoms with Crippen LogP contribution in [-0.4, -0.2) is 24.5 Å². The van der Waals surface area contributed by atoms with Gasteiger partial charge in [-0.05, 0) is 45.0 Å². The number of amides is 1. The van der Waals surface area contributed by atoms with E-state index in [9.17, 15) is 4.79 Å². The first-order valence-corrected chi connectivity index (χ1v) is 6.79. The van der Waals surface area contributed by atoms with Crippen LogP contribution in [0, 0.1) is 0 Å². The zero-order valence-corrected chi connectivity index (χ0v) is 12.3. The zero-order valence-electron chi connectivity index (χ0n) is 12.3. The van der Waals surface area contributed by atoms with Crippen LogP contribution in [0.3, 0.4) is 0 Å². The van der Waals surface area contributed by atoms with Crippen molar-refractivity contribution in [3.8, 4) is 0 Å². The highest BCUT2D eigenvalue weighted by Gasteiger charge is 2.06. The van der Waals surface area contributed by atoms with Gasteiger partial charge in [-0.15, -0.1) is 0 Å². The molecule has 0 heterocycles. The Morgan fingerprint density at radius 2 is 1.63 bits per heavy atom. The second kappa shape index (κ2) is 7.14. The molecule has 3 N–H and O–H groups in total. The fraction of sp³-hybridized carbons (Fsp3) is 0.533. The van der Waals surface area contributed by atoms with E-state index >= 15 is 0 Å². The maximum Gasteiger partial charge on any atom is 0.224 e. The Hall–Kier alpha value is -1.55. The number of hydrogen-bond acceptors (Lipinski definition) is 3. The molecule has 0 bridgehead atoms. The minimum absolute atomic E-state index is 0.0371. The minimum Gasteiger partial charge on any atom is -0.384 e. The van der Waals surface area contributed by atoms with E-state index in [1.165, 1.54) is 0 Å². The third-order valence-electron chi connectivity index (χ3n) is 2.60. The quantitative estimate of drug-likeness (QED) is 0.692. The summed E-state index contributed by atoms with van der Waals surface area (Å²) in [6.45, 7) is 10.1. The first-order valence-electron chi connectivity index (χ1n) is 6.79. The predicted molar refractivity (Wildman–Crippen MR) is 81.6 cm³/mol. The lowest BCUT2D eigenvalue weighted by atomic mass is 10.1. The van der Waals surface area contributed by atoms with Gasteiger partial charge in [0.25, 0.3) is 0 Å². The molecule has 0 atom stereocenters. The summed E-state index contributed by atoms with van der Waals surface area (Å²) in [5.74, 6) is 0.0371. The third kappa shape index (κ3) is 6.82. The molecule has 4 nitrogen and oxygen atoms in total. The van der Waals surface area contributed by atoms with Crippen LogP contribution in [0.5, 0.6) is 0 Å². The van der Waals surface area contributed by atoms with Gasteiger partial charge in [-0.25, -0.2) is 0 Å². The molecule has 106 valence electrons. The summed E-state index contributed by atoms with van der Waals surface area (Å²) in [5, 5.41) is 9.58. The van der Waals surface area contributed by atoms with Gasteiger partial charge < -0.3 is 16.0 Å². The smallest absolute Gasteiger partial charge is 0.224 e. The van der Waals surface area contributed by atoms with E-state index in [1.54, 1.807) is 0 Å². The van der Waals surface area contributed by atoms with Crippen molar-refractivity contribution in [1.82, 2.24) is 5.32 Å². The van der Waals surface area contributed by atoms with Crippen molar-refractivity contribution in [3.05, 3.63) is 24.3 Å². The van der Waals surface area contributed by atoms with Crippen molar-refractivity contribution >= 4 is 17.3 Å². The van der Waals surface area contributed by atoms with Gasteiger partial charge >= 0.3 is 0 Å². The summed E-state index contributed by atoms with van der Waals surface area (Å²) in [6, 6.07) is 7.77. The molecule has 1 rings (SSSR count). The summed E-state index contributed by atoms with van der Waals surface area (Å²) in [5.41, 5.74) is 2.05. The molecule has 0 aliphatic heterocycles. The highest BCUT2D eigenvalue weighted by molar-refractivity contribution is 5.90. The fourth-order valence-corrected chi connectivity index (χ4v) is 1.57. The highest BCUT2D eigenvalue weighted by Crippen LogP contribution is 2.13. The number of anilines is 2. The molecule has 0 saturated heterocycles. The normalized spacial score (nSPS) is 11.2. The third-order valence-corrected chi connectivity index (χ3v) is 2.60. The number of carbonyl (C=O) groups is 1. The van der Waals surface area contributed by atoms with Gasteiger partial charge in [-0.3, -0.25) is 4.79 Å². The van der Waals surface area contributed by atoms with Crippen molar-refractivity contribution in [1.29, 1.82) is 0 Å². The first-order chi connectivity index (χ1) is 8.90. The molecule has 19 heavy (non-hydrogen) atoms. The molecule has 0 aliphatic rings. The van der Waals surface area contributed by atoms with Crippen LogP contribution in [0.4, 0.5) is 11.4 Å². The molecule has 1 amide bonds. The van der Waals surface area contributed by atoms with Crippen LogP contribution < -0.4 is 16.0 Å². The summed E-state index contributed by atoms with van der Waals surface area (Å²) < 4.78 is 0. The van der Waals surface area contributed by atoms with Crippen LogP contribution in [0.25, 0.3) is 0 Å². The van der Waals surface area contributed by atoms with Crippen LogP contribution in [-0.2, 0) is 4.79 Å². The number of benzene rings is 1. The Morgan fingerprint density at radius 3 is 2.16 bits per heavy atom. The lowest BCUT2D eigenvalue weighted by Crippen LogP contribution is -2.38. The average Bonchev–Trinajstić information content (AvgIpc) is 2.35. The van der Waals surface area contributed by atoms with Gasteiger partial charge in [0.05, 0.1) is 0 Å². The summed E-state index contributed by atoms with van der Waals surface area (Å²) in [4.78, 5) is 11.2. The number of rotatable bonds is 6. The van der Waals surface area contributed by atoms with Crippen molar-refractivity contribution in [2.24, 2.45) is 0 Å². The lowest BCUT2D eigenvalue weighted by molar-refractivity contribution is -0.115. The topological polar surface area (TPSA) is 53.2 Å². The molecule has 0 aliphatic carbocycles. The van der Waals surface area contributed by atoms with E-state index in [4.69, 9.17) is 0 Å². The minimum atomic E-state index is 0.0371. The molecule has 0 fully saturated rings. The number of carbonyl (C=O) groups excluding carboxylic acids is 1. The lowest BCUT2D eigenvalue weighted by Gasteiger charge is -2.20. The van der Waals surface area contributed by atoms with Gasteiger partial charge in [-0.1, -0.05) is 6.92 Å². The van der Waals surface area contributed by atoms with E-state index < -0.39 is 0 Å². The molecule has 0 saturated carbocycles. The summed E-state index contributed by atoms with van der Waals surface area (Å²) in [7, 11) is 0. The molecule has 1 aromatic rings. The SMILES string of the molecule is CCC(=O)Nc1ccc(NCCNC(C)(C)C)cc1. The second-order valence-corrected chi connectivity index (χ2v) is 5.58. The van der Waals surface area contributed by atoms with E-state index in [0.29, 0.717) is 6.42 Å². The summed E-state index contributed by atoms with van der Waals surface area (Å²) >= 11 is 0. The Bertz CT molecular complexity index is 393. The van der Waals surface area contributed by atoms with E-state index in [1.807, 2.05) is 31.2 Å². The van der Waals surface area contributed by atoms with Gasteiger partial charge in [0.15, 0.2) is 0 Å². The second-order valence-electron chi connectivity index (χ2n) is 5.58. The maximum absolute atomic E-state index is 11.2. The fourth-order valence-electron chi connectivity index (χ4n) is 1.57. The molecule has 0 aromatic heterocycles. The van der Waals surface area contributed by atoms with Crippen molar-refractivity contribution in [2.75, 3.05) is 23.7 Å². The van der Waals surface area contributed by atoms with Gasteiger partial charge in [0.2, 0.25) is 5.91 Å². The van der Waals surface area contributed by atoms with Crippen LogP contribution >= 0.6 is 0 Å². The number of nitrogens with one attached hydrogen (secondary N) is 3. The first kappa shape index (κ1) is 15.5. The molecular weight excluding hydrogens is 238 g/mol. The number of hydrogen-bond donors (Lipinski definition) is 3. The van der Waals surface area contributed by atoms with E-state index in [2.05, 4.69) is 36.7 Å². The molecule has 0 spiro atoms. The van der Waals surface area contributed by atoms with Crippen LogP contribution in [0.2, 0.25) is 0 Å². The zero-order chi connectivity index (χ0) is 14.3. The van der Waals surface area contributed by atoms with Gasteiger partial charge in [0, 0.05) is 36.4 Å². The Morgan fingerprint density at radius 1 is 1.05 bits per heavy atom.